The predicted octanol–water partition coefficient (Wildman–Crippen LogP) is 2.29. The van der Waals surface area contributed by atoms with Crippen LogP contribution in [0.3, 0.4) is 0 Å². The first-order valence-corrected chi connectivity index (χ1v) is 5.69. The number of hydrogen-bond donors (Lipinski definition) is 1. The molecule has 0 amide bonds. The molecule has 1 aromatic rings. The van der Waals surface area contributed by atoms with Crippen LogP contribution in [0.5, 0.6) is 0 Å². The van der Waals surface area contributed by atoms with E-state index in [1.54, 1.807) is 11.3 Å². The second-order valence-electron chi connectivity index (χ2n) is 2.85. The molecule has 0 aliphatic rings. The van der Waals surface area contributed by atoms with Crippen LogP contribution in [0.4, 0.5) is 0 Å². The lowest BCUT2D eigenvalue weighted by molar-refractivity contribution is 0.879. The van der Waals surface area contributed by atoms with Crippen LogP contribution >= 0.6 is 23.6 Å². The fraction of sp³-hybridized carbons (Fsp3) is 0.556. The van der Waals surface area contributed by atoms with Gasteiger partial charge in [-0.3, -0.25) is 0 Å². The monoisotopic (exact) mass is 214 g/mol. The van der Waals surface area contributed by atoms with E-state index in [1.165, 1.54) is 0 Å². The van der Waals surface area contributed by atoms with Crippen molar-refractivity contribution in [1.82, 2.24) is 4.98 Å². The Labute approximate surface area is 88.2 Å². The van der Waals surface area contributed by atoms with Gasteiger partial charge in [-0.15, -0.1) is 11.3 Å². The van der Waals surface area contributed by atoms with Gasteiger partial charge in [0.25, 0.3) is 0 Å². The molecule has 0 radical (unpaired) electrons. The maximum atomic E-state index is 5.61. The first-order chi connectivity index (χ1) is 6.19. The molecule has 0 aromatic carbocycles. The maximum Gasteiger partial charge on any atom is 0.116 e. The molecule has 0 saturated heterocycles. The number of aryl methyl sites for hydroxylation is 2. The minimum absolute atomic E-state index is 0.487. The molecular formula is C9H14N2S2. The van der Waals surface area contributed by atoms with Crippen molar-refractivity contribution in [3.63, 3.8) is 0 Å². The first-order valence-electron chi connectivity index (χ1n) is 4.47. The molecule has 0 unspecified atom stereocenters. The summed E-state index contributed by atoms with van der Waals surface area (Å²) in [4.78, 5) is 5.99. The van der Waals surface area contributed by atoms with Gasteiger partial charge in [-0.05, 0) is 12.8 Å². The third-order valence-corrected chi connectivity index (χ3v) is 3.36. The van der Waals surface area contributed by atoms with E-state index in [1.807, 2.05) is 0 Å². The molecule has 72 valence electrons. The molecule has 0 spiro atoms. The summed E-state index contributed by atoms with van der Waals surface area (Å²) in [6.07, 6.45) is 3.02. The van der Waals surface area contributed by atoms with Crippen molar-refractivity contribution in [2.75, 3.05) is 0 Å². The SMILES string of the molecule is CCCc1nc(CC)sc1C(N)=S. The molecule has 1 rings (SSSR count). The molecule has 2 N–H and O–H groups in total. The second kappa shape index (κ2) is 4.67. The zero-order valence-electron chi connectivity index (χ0n) is 7.96. The Bertz CT molecular complexity index is 305. The highest BCUT2D eigenvalue weighted by atomic mass is 32.1. The van der Waals surface area contributed by atoms with Crippen molar-refractivity contribution in [3.05, 3.63) is 15.6 Å². The van der Waals surface area contributed by atoms with E-state index in [0.29, 0.717) is 4.99 Å². The van der Waals surface area contributed by atoms with E-state index in [4.69, 9.17) is 18.0 Å². The van der Waals surface area contributed by atoms with E-state index in [0.717, 1.165) is 34.8 Å². The molecule has 0 aliphatic heterocycles. The van der Waals surface area contributed by atoms with E-state index < -0.39 is 0 Å². The van der Waals surface area contributed by atoms with Gasteiger partial charge >= 0.3 is 0 Å². The highest BCUT2D eigenvalue weighted by Gasteiger charge is 2.11. The number of hydrogen-bond acceptors (Lipinski definition) is 3. The molecule has 1 aromatic heterocycles. The summed E-state index contributed by atoms with van der Waals surface area (Å²) < 4.78 is 0. The van der Waals surface area contributed by atoms with Crippen LogP contribution in [-0.4, -0.2) is 9.97 Å². The van der Waals surface area contributed by atoms with Gasteiger partial charge in [0.05, 0.1) is 15.6 Å². The third kappa shape index (κ3) is 2.48. The summed E-state index contributed by atoms with van der Waals surface area (Å²) in [6.45, 7) is 4.23. The quantitative estimate of drug-likeness (QED) is 0.782. The average molecular weight is 214 g/mol. The molecular weight excluding hydrogens is 200 g/mol. The van der Waals surface area contributed by atoms with Gasteiger partial charge in [-0.25, -0.2) is 4.98 Å². The van der Waals surface area contributed by atoms with Crippen molar-refractivity contribution >= 4 is 28.5 Å². The van der Waals surface area contributed by atoms with E-state index >= 15 is 0 Å². The fourth-order valence-corrected chi connectivity index (χ4v) is 2.30. The van der Waals surface area contributed by atoms with Crippen LogP contribution < -0.4 is 5.73 Å². The highest BCUT2D eigenvalue weighted by Crippen LogP contribution is 2.20. The maximum absolute atomic E-state index is 5.61. The number of thiocarbonyl (C=S) groups is 1. The highest BCUT2D eigenvalue weighted by molar-refractivity contribution is 7.81. The average Bonchev–Trinajstić information content (AvgIpc) is 2.48. The van der Waals surface area contributed by atoms with Gasteiger partial charge in [0.2, 0.25) is 0 Å². The summed E-state index contributed by atoms with van der Waals surface area (Å²) in [5.41, 5.74) is 6.70. The topological polar surface area (TPSA) is 38.9 Å². The standard InChI is InChI=1S/C9H14N2S2/c1-3-5-6-8(9(10)12)13-7(4-2)11-6/h3-5H2,1-2H3,(H2,10,12). The minimum Gasteiger partial charge on any atom is -0.389 e. The molecule has 0 saturated carbocycles. The van der Waals surface area contributed by atoms with E-state index in [9.17, 15) is 0 Å². The zero-order valence-corrected chi connectivity index (χ0v) is 9.60. The molecule has 0 bridgehead atoms. The van der Waals surface area contributed by atoms with Gasteiger partial charge < -0.3 is 5.73 Å². The Balaban J connectivity index is 3.00. The molecule has 4 heteroatoms. The molecule has 1 heterocycles. The lowest BCUT2D eigenvalue weighted by atomic mass is 10.2. The van der Waals surface area contributed by atoms with Crippen molar-refractivity contribution < 1.29 is 0 Å². The van der Waals surface area contributed by atoms with Gasteiger partial charge in [0.1, 0.15) is 4.99 Å². The number of aromatic nitrogens is 1. The molecule has 2 nitrogen and oxygen atoms in total. The summed E-state index contributed by atoms with van der Waals surface area (Å²) in [6, 6.07) is 0. The minimum atomic E-state index is 0.487. The zero-order chi connectivity index (χ0) is 9.84. The Kier molecular flexibility index (Phi) is 3.81. The van der Waals surface area contributed by atoms with Gasteiger partial charge in [0.15, 0.2) is 0 Å². The van der Waals surface area contributed by atoms with Crippen LogP contribution in [0.1, 0.15) is 35.8 Å². The third-order valence-electron chi connectivity index (χ3n) is 1.75. The smallest absolute Gasteiger partial charge is 0.116 e. The van der Waals surface area contributed by atoms with Gasteiger partial charge in [-0.2, -0.15) is 0 Å². The number of nitrogens with zero attached hydrogens (tertiary/aromatic N) is 1. The normalized spacial score (nSPS) is 10.3. The number of nitrogens with two attached hydrogens (primary N) is 1. The largest absolute Gasteiger partial charge is 0.389 e. The first kappa shape index (κ1) is 10.6. The van der Waals surface area contributed by atoms with Gasteiger partial charge in [0, 0.05) is 0 Å². The number of thiazole rings is 1. The van der Waals surface area contributed by atoms with Crippen LogP contribution in [0, 0.1) is 0 Å². The van der Waals surface area contributed by atoms with Crippen LogP contribution in [-0.2, 0) is 12.8 Å². The van der Waals surface area contributed by atoms with Crippen molar-refractivity contribution in [2.24, 2.45) is 5.73 Å². The summed E-state index contributed by atoms with van der Waals surface area (Å²) >= 11 is 6.60. The Morgan fingerprint density at radius 1 is 1.54 bits per heavy atom. The van der Waals surface area contributed by atoms with E-state index in [2.05, 4.69) is 18.8 Å². The van der Waals surface area contributed by atoms with E-state index in [-0.39, 0.29) is 0 Å². The van der Waals surface area contributed by atoms with Crippen LogP contribution in [0.25, 0.3) is 0 Å². The Morgan fingerprint density at radius 2 is 2.23 bits per heavy atom. The Hall–Kier alpha value is -0.480. The van der Waals surface area contributed by atoms with Crippen LogP contribution in [0.2, 0.25) is 0 Å². The second-order valence-corrected chi connectivity index (χ2v) is 4.37. The summed E-state index contributed by atoms with van der Waals surface area (Å²) in [5, 5.41) is 1.13. The predicted molar refractivity (Wildman–Crippen MR) is 61.4 cm³/mol. The molecule has 0 aliphatic carbocycles. The van der Waals surface area contributed by atoms with Crippen LogP contribution in [0.15, 0.2) is 0 Å². The van der Waals surface area contributed by atoms with Gasteiger partial charge in [-0.1, -0.05) is 32.5 Å². The molecule has 0 atom stereocenters. The fourth-order valence-electron chi connectivity index (χ4n) is 1.15. The summed E-state index contributed by atoms with van der Waals surface area (Å²) in [7, 11) is 0. The molecule has 0 fully saturated rings. The lowest BCUT2D eigenvalue weighted by Crippen LogP contribution is -2.09. The molecule has 13 heavy (non-hydrogen) atoms. The van der Waals surface area contributed by atoms with Crippen molar-refractivity contribution in [1.29, 1.82) is 0 Å². The van der Waals surface area contributed by atoms with Crippen molar-refractivity contribution in [2.45, 2.75) is 33.1 Å². The Morgan fingerprint density at radius 3 is 2.69 bits per heavy atom. The lowest BCUT2D eigenvalue weighted by Gasteiger charge is -1.96. The van der Waals surface area contributed by atoms with Crippen molar-refractivity contribution in [3.8, 4) is 0 Å². The number of rotatable bonds is 4. The summed E-state index contributed by atoms with van der Waals surface area (Å²) in [5.74, 6) is 0.